The van der Waals surface area contributed by atoms with Gasteiger partial charge in [0.05, 0.1) is 12.6 Å². The molecule has 2 aromatic carbocycles. The number of Topliss-reactive ketones (excluding diaryl/α,β-unsaturated/α-hetero) is 4. The molecule has 0 radical (unpaired) electrons. The van der Waals surface area contributed by atoms with E-state index in [0.29, 0.717) is 54.1 Å². The molecule has 0 bridgehead atoms. The van der Waals surface area contributed by atoms with Crippen molar-refractivity contribution in [1.29, 1.82) is 0 Å². The SMILES string of the molecule is C.CC(C)(C(=O)CCC(=O)c1ccccn1)C1CCCCC1.CC(C)(C(=O)CCC(O)c1ccccc1)C1CCCCC1.Cc1cccc(C(=O)CN(C)C(=O)C(C)(C)C2CCCCC2)c1. The van der Waals surface area contributed by atoms with Crippen LogP contribution in [-0.2, 0) is 14.4 Å². The molecular formula is C58H86N2O6. The van der Waals surface area contributed by atoms with E-state index in [9.17, 15) is 29.1 Å². The fourth-order valence-electron chi connectivity index (χ4n) is 10.4. The lowest BCUT2D eigenvalue weighted by Gasteiger charge is -2.38. The van der Waals surface area contributed by atoms with Crippen LogP contribution in [0.15, 0.2) is 79.0 Å². The van der Waals surface area contributed by atoms with Crippen molar-refractivity contribution < 1.29 is 29.1 Å². The highest BCUT2D eigenvalue weighted by molar-refractivity contribution is 6.00. The van der Waals surface area contributed by atoms with Crippen LogP contribution in [0.5, 0.6) is 0 Å². The second-order valence-electron chi connectivity index (χ2n) is 21.1. The lowest BCUT2D eigenvalue weighted by Crippen LogP contribution is -2.45. The standard InChI is InChI=1S/C20H29NO2.C19H28O2.C18H25NO2.CH4/c1-15-9-8-10-16(13-15)18(22)14-21(4)19(23)20(2,3)17-11-6-5-7-12-17;1-19(2,16-11-7-4-8-12-16)18(21)14-13-17(20)15-9-5-3-6-10-15;1-18(2,14-8-4-3-5-9-14)17(21)12-11-16(20)15-10-6-7-13-19-15;/h8-10,13,17H,5-7,11-12,14H2,1-4H3;3,5-6,9-10,16-17,20H,4,7-8,11-14H2,1-2H3;6-7,10,13-14H,3-5,8-9,11-12H2,1-2H3;1H4. The van der Waals surface area contributed by atoms with Crippen LogP contribution in [0.4, 0.5) is 0 Å². The molecule has 8 heteroatoms. The van der Waals surface area contributed by atoms with Crippen molar-refractivity contribution in [2.45, 2.75) is 184 Å². The first-order valence-corrected chi connectivity index (χ1v) is 24.9. The smallest absolute Gasteiger partial charge is 0.228 e. The Morgan fingerprint density at radius 3 is 1.58 bits per heavy atom. The van der Waals surface area contributed by atoms with Gasteiger partial charge in [0.2, 0.25) is 5.91 Å². The summed E-state index contributed by atoms with van der Waals surface area (Å²) in [5, 5.41) is 10.2. The van der Waals surface area contributed by atoms with Gasteiger partial charge < -0.3 is 10.0 Å². The number of nitrogens with zero attached hydrogens (tertiary/aromatic N) is 2. The number of carbonyl (C=O) groups is 5. The first kappa shape index (κ1) is 56.0. The first-order valence-electron chi connectivity index (χ1n) is 24.9. The summed E-state index contributed by atoms with van der Waals surface area (Å²) in [5.41, 5.74) is 2.18. The van der Waals surface area contributed by atoms with Gasteiger partial charge in [-0.2, -0.15) is 0 Å². The van der Waals surface area contributed by atoms with Gasteiger partial charge in [0.1, 0.15) is 17.3 Å². The van der Waals surface area contributed by atoms with Gasteiger partial charge in [0.15, 0.2) is 11.6 Å². The molecule has 0 aliphatic heterocycles. The quantitative estimate of drug-likeness (QED) is 0.134. The van der Waals surface area contributed by atoms with Gasteiger partial charge in [0.25, 0.3) is 0 Å². The Bertz CT molecular complexity index is 1950. The third kappa shape index (κ3) is 16.5. The molecule has 8 nitrogen and oxygen atoms in total. The van der Waals surface area contributed by atoms with E-state index in [2.05, 4.69) is 32.7 Å². The molecule has 1 heterocycles. The Morgan fingerprint density at radius 2 is 1.09 bits per heavy atom. The van der Waals surface area contributed by atoms with Crippen LogP contribution in [0.2, 0.25) is 0 Å². The molecule has 0 spiro atoms. The van der Waals surface area contributed by atoms with Gasteiger partial charge in [-0.05, 0) is 93.4 Å². The average Bonchev–Trinajstić information content (AvgIpc) is 3.33. The van der Waals surface area contributed by atoms with E-state index in [1.165, 1.54) is 70.6 Å². The third-order valence-electron chi connectivity index (χ3n) is 15.3. The molecule has 0 saturated heterocycles. The molecule has 3 aromatic rings. The predicted molar refractivity (Wildman–Crippen MR) is 269 cm³/mol. The van der Waals surface area contributed by atoms with E-state index in [1.54, 1.807) is 36.3 Å². The van der Waals surface area contributed by atoms with Crippen LogP contribution in [-0.4, -0.2) is 57.6 Å². The van der Waals surface area contributed by atoms with Gasteiger partial charge in [-0.25, -0.2) is 0 Å². The molecule has 66 heavy (non-hydrogen) atoms. The number of ketones is 4. The number of hydrogen-bond donors (Lipinski definition) is 1. The van der Waals surface area contributed by atoms with Crippen molar-refractivity contribution in [2.75, 3.05) is 13.6 Å². The van der Waals surface area contributed by atoms with Gasteiger partial charge in [0, 0.05) is 54.3 Å². The summed E-state index contributed by atoms with van der Waals surface area (Å²) < 4.78 is 0. The molecule has 3 fully saturated rings. The Morgan fingerprint density at radius 1 is 0.606 bits per heavy atom. The molecule has 3 saturated carbocycles. The molecule has 1 atom stereocenters. The summed E-state index contributed by atoms with van der Waals surface area (Å²) in [6.07, 6.45) is 20.9. The van der Waals surface area contributed by atoms with Crippen LogP contribution in [0.1, 0.15) is 209 Å². The number of pyridine rings is 1. The van der Waals surface area contributed by atoms with Crippen LogP contribution in [0, 0.1) is 40.9 Å². The van der Waals surface area contributed by atoms with Crippen LogP contribution >= 0.6 is 0 Å². The highest BCUT2D eigenvalue weighted by atomic mass is 16.3. The first-order chi connectivity index (χ1) is 30.8. The summed E-state index contributed by atoms with van der Waals surface area (Å²) in [4.78, 5) is 68.1. The molecule has 3 aliphatic rings. The van der Waals surface area contributed by atoms with Gasteiger partial charge >= 0.3 is 0 Å². The van der Waals surface area contributed by atoms with Crippen LogP contribution < -0.4 is 0 Å². The van der Waals surface area contributed by atoms with E-state index in [1.807, 2.05) is 75.4 Å². The number of aliphatic hydroxyl groups excluding tert-OH is 1. The zero-order chi connectivity index (χ0) is 47.6. The summed E-state index contributed by atoms with van der Waals surface area (Å²) >= 11 is 0. The molecule has 6 rings (SSSR count). The number of aromatic nitrogens is 1. The topological polar surface area (TPSA) is 122 Å². The maximum Gasteiger partial charge on any atom is 0.228 e. The van der Waals surface area contributed by atoms with Gasteiger partial charge in [-0.3, -0.25) is 29.0 Å². The van der Waals surface area contributed by atoms with Gasteiger partial charge in [-0.15, -0.1) is 0 Å². The lowest BCUT2D eigenvalue weighted by atomic mass is 9.68. The molecule has 1 amide bonds. The Hall–Kier alpha value is -4.30. The van der Waals surface area contributed by atoms with Crippen LogP contribution in [0.3, 0.4) is 0 Å². The second-order valence-corrected chi connectivity index (χ2v) is 21.1. The highest BCUT2D eigenvalue weighted by Crippen LogP contribution is 2.42. The highest BCUT2D eigenvalue weighted by Gasteiger charge is 2.40. The van der Waals surface area contributed by atoms with E-state index in [4.69, 9.17) is 0 Å². The maximum atomic E-state index is 12.9. The number of aryl methyl sites for hydroxylation is 1. The molecule has 1 aromatic heterocycles. The van der Waals surface area contributed by atoms with Crippen molar-refractivity contribution in [2.24, 2.45) is 34.0 Å². The fourth-order valence-corrected chi connectivity index (χ4v) is 10.4. The average molecular weight is 907 g/mol. The molecule has 1 unspecified atom stereocenters. The monoisotopic (exact) mass is 907 g/mol. The number of carbonyl (C=O) groups excluding carboxylic acids is 5. The number of amides is 1. The van der Waals surface area contributed by atoms with Crippen molar-refractivity contribution in [3.8, 4) is 0 Å². The van der Waals surface area contributed by atoms with Gasteiger partial charge in [-0.1, -0.05) is 167 Å². The zero-order valence-corrected chi connectivity index (χ0v) is 41.3. The minimum Gasteiger partial charge on any atom is -0.388 e. The lowest BCUT2D eigenvalue weighted by molar-refractivity contribution is -0.142. The second kappa shape index (κ2) is 26.9. The minimum absolute atomic E-state index is 0. The predicted octanol–water partition coefficient (Wildman–Crippen LogP) is 13.8. The third-order valence-corrected chi connectivity index (χ3v) is 15.3. The Labute approximate surface area is 399 Å². The Balaban J connectivity index is 0.000000261. The number of benzene rings is 2. The number of aliphatic hydroxyl groups is 1. The fraction of sp³-hybridized carbons (Fsp3) is 0.621. The van der Waals surface area contributed by atoms with Crippen molar-refractivity contribution in [3.05, 3.63) is 101 Å². The van der Waals surface area contributed by atoms with Crippen molar-refractivity contribution in [1.82, 2.24) is 9.88 Å². The Kier molecular flexibility index (Phi) is 22.8. The van der Waals surface area contributed by atoms with E-state index >= 15 is 0 Å². The van der Waals surface area contributed by atoms with E-state index < -0.39 is 6.10 Å². The van der Waals surface area contributed by atoms with Crippen molar-refractivity contribution in [3.63, 3.8) is 0 Å². The van der Waals surface area contributed by atoms with Crippen LogP contribution in [0.25, 0.3) is 0 Å². The summed E-state index contributed by atoms with van der Waals surface area (Å²) in [6, 6.07) is 22.5. The number of rotatable bonds is 17. The summed E-state index contributed by atoms with van der Waals surface area (Å²) in [6.45, 7) is 14.5. The minimum atomic E-state index is -0.530. The molecule has 1 N–H and O–H groups in total. The molecule has 3 aliphatic carbocycles. The normalized spacial score (nSPS) is 16.8. The summed E-state index contributed by atoms with van der Waals surface area (Å²) in [7, 11) is 1.75. The maximum absolute atomic E-state index is 12.9. The molecular weight excluding hydrogens is 821 g/mol. The largest absolute Gasteiger partial charge is 0.388 e. The van der Waals surface area contributed by atoms with Crippen molar-refractivity contribution >= 4 is 29.0 Å². The molecule has 364 valence electrons. The number of likely N-dealkylation sites (N-methyl/N-ethyl adjacent to an activating group) is 1. The van der Waals surface area contributed by atoms with E-state index in [0.717, 1.165) is 36.8 Å². The zero-order valence-electron chi connectivity index (χ0n) is 41.3. The number of hydrogen-bond acceptors (Lipinski definition) is 7. The summed E-state index contributed by atoms with van der Waals surface area (Å²) in [5.74, 6) is 2.01. The van der Waals surface area contributed by atoms with E-state index in [-0.39, 0.29) is 59.9 Å².